The Kier molecular flexibility index (Phi) is 6.38. The molecule has 7 heteroatoms. The Morgan fingerprint density at radius 1 is 1.07 bits per heavy atom. The monoisotopic (exact) mass is 398 g/mol. The molecule has 5 rings (SSSR count). The third kappa shape index (κ3) is 4.43. The standard InChI is InChI=1S/C20H34N4O2.ClH/c1-13(24-5-3-4-17(12-24)21-2)18(25)22-19(26)23-20-9-14-6-15(10-20)8-16(7-14)11-20;/h13-17,21H,3-12H2,1-2H3,(H2,22,23,25,26);1H. The Hall–Kier alpha value is -0.850. The zero-order chi connectivity index (χ0) is 18.3. The Bertz CT molecular complexity index is 535. The predicted octanol–water partition coefficient (Wildman–Crippen LogP) is 2.28. The number of likely N-dealkylation sites (N-methyl/N-ethyl adjacent to an activating group) is 1. The molecule has 1 aliphatic heterocycles. The molecule has 1 heterocycles. The molecule has 27 heavy (non-hydrogen) atoms. The number of halogens is 1. The van der Waals surface area contributed by atoms with E-state index in [1.54, 1.807) is 0 Å². The van der Waals surface area contributed by atoms with Crippen molar-refractivity contribution < 1.29 is 9.59 Å². The van der Waals surface area contributed by atoms with Gasteiger partial charge in [-0.25, -0.2) is 4.79 Å². The molecule has 2 unspecified atom stereocenters. The van der Waals surface area contributed by atoms with Crippen LogP contribution in [0.3, 0.4) is 0 Å². The molecular weight excluding hydrogens is 364 g/mol. The summed E-state index contributed by atoms with van der Waals surface area (Å²) in [5, 5.41) is 9.17. The zero-order valence-corrected chi connectivity index (χ0v) is 17.4. The van der Waals surface area contributed by atoms with Gasteiger partial charge in [0.15, 0.2) is 0 Å². The minimum Gasteiger partial charge on any atom is -0.332 e. The zero-order valence-electron chi connectivity index (χ0n) is 16.6. The van der Waals surface area contributed by atoms with Crippen LogP contribution in [-0.4, -0.2) is 54.6 Å². The van der Waals surface area contributed by atoms with Crippen molar-refractivity contribution in [2.45, 2.75) is 75.9 Å². The Balaban J connectivity index is 0.00000210. The number of piperidine rings is 1. The van der Waals surface area contributed by atoms with Gasteiger partial charge < -0.3 is 10.6 Å². The summed E-state index contributed by atoms with van der Waals surface area (Å²) in [7, 11) is 1.97. The molecule has 1 saturated heterocycles. The average molecular weight is 399 g/mol. The van der Waals surface area contributed by atoms with E-state index in [2.05, 4.69) is 20.9 Å². The lowest BCUT2D eigenvalue weighted by Crippen LogP contribution is -2.63. The van der Waals surface area contributed by atoms with Gasteiger partial charge in [0, 0.05) is 18.1 Å². The summed E-state index contributed by atoms with van der Waals surface area (Å²) in [5.41, 5.74) is -0.0509. The first-order valence-corrected chi connectivity index (χ1v) is 10.5. The third-order valence-corrected chi connectivity index (χ3v) is 7.44. The van der Waals surface area contributed by atoms with Crippen LogP contribution in [0.5, 0.6) is 0 Å². The van der Waals surface area contributed by atoms with E-state index in [1.807, 2.05) is 14.0 Å². The molecule has 3 N–H and O–H groups in total. The summed E-state index contributed by atoms with van der Waals surface area (Å²) in [6.45, 7) is 3.69. The molecule has 0 aromatic rings. The third-order valence-electron chi connectivity index (χ3n) is 7.44. The van der Waals surface area contributed by atoms with Crippen LogP contribution < -0.4 is 16.0 Å². The van der Waals surface area contributed by atoms with Crippen molar-refractivity contribution in [3.8, 4) is 0 Å². The highest BCUT2D eigenvalue weighted by Crippen LogP contribution is 2.55. The lowest BCUT2D eigenvalue weighted by molar-refractivity contribution is -0.125. The maximum Gasteiger partial charge on any atom is 0.321 e. The van der Waals surface area contributed by atoms with Crippen molar-refractivity contribution in [2.75, 3.05) is 20.1 Å². The summed E-state index contributed by atoms with van der Waals surface area (Å²) in [5.74, 6) is 2.16. The van der Waals surface area contributed by atoms with Crippen LogP contribution in [0, 0.1) is 17.8 Å². The minimum atomic E-state index is -0.286. The highest BCUT2D eigenvalue weighted by molar-refractivity contribution is 5.97. The largest absolute Gasteiger partial charge is 0.332 e. The molecule has 0 aromatic heterocycles. The van der Waals surface area contributed by atoms with Gasteiger partial charge in [-0.15, -0.1) is 12.4 Å². The summed E-state index contributed by atoms with van der Waals surface area (Å²) < 4.78 is 0. The fourth-order valence-corrected chi connectivity index (χ4v) is 6.51. The lowest BCUT2D eigenvalue weighted by atomic mass is 9.53. The highest BCUT2D eigenvalue weighted by Gasteiger charge is 2.51. The second-order valence-electron chi connectivity index (χ2n) is 9.44. The predicted molar refractivity (Wildman–Crippen MR) is 108 cm³/mol. The number of carbonyl (C=O) groups excluding carboxylic acids is 2. The van der Waals surface area contributed by atoms with Gasteiger partial charge in [0.25, 0.3) is 0 Å². The topological polar surface area (TPSA) is 73.5 Å². The van der Waals surface area contributed by atoms with Crippen molar-refractivity contribution in [1.82, 2.24) is 20.9 Å². The van der Waals surface area contributed by atoms with E-state index in [0.29, 0.717) is 6.04 Å². The van der Waals surface area contributed by atoms with Crippen molar-refractivity contribution in [1.29, 1.82) is 0 Å². The maximum atomic E-state index is 12.6. The molecule has 4 saturated carbocycles. The van der Waals surface area contributed by atoms with Gasteiger partial charge in [-0.1, -0.05) is 0 Å². The van der Waals surface area contributed by atoms with Gasteiger partial charge in [0.2, 0.25) is 5.91 Å². The molecule has 5 aliphatic rings. The molecule has 4 aliphatic carbocycles. The number of nitrogens with zero attached hydrogens (tertiary/aromatic N) is 1. The molecule has 6 nitrogen and oxygen atoms in total. The first kappa shape index (κ1) is 20.9. The maximum absolute atomic E-state index is 12.6. The summed E-state index contributed by atoms with van der Waals surface area (Å²) in [6, 6.07) is -0.126. The Morgan fingerprint density at radius 2 is 1.67 bits per heavy atom. The number of likely N-dealkylation sites (tertiary alicyclic amines) is 1. The SMILES string of the molecule is CNC1CCCN(C(C)C(=O)NC(=O)NC23CC4CC(CC(C4)C2)C3)C1.Cl. The molecule has 0 radical (unpaired) electrons. The van der Waals surface area contributed by atoms with Gasteiger partial charge in [-0.2, -0.15) is 0 Å². The van der Waals surface area contributed by atoms with E-state index in [-0.39, 0.29) is 35.9 Å². The van der Waals surface area contributed by atoms with Crippen LogP contribution in [0.15, 0.2) is 0 Å². The molecule has 154 valence electrons. The van der Waals surface area contributed by atoms with Crippen molar-refractivity contribution >= 4 is 24.3 Å². The first-order chi connectivity index (χ1) is 12.5. The van der Waals surface area contributed by atoms with Gasteiger partial charge in [-0.05, 0) is 89.6 Å². The van der Waals surface area contributed by atoms with Crippen LogP contribution in [0.1, 0.15) is 58.3 Å². The smallest absolute Gasteiger partial charge is 0.321 e. The number of nitrogens with one attached hydrogen (secondary N) is 3. The summed E-state index contributed by atoms with van der Waals surface area (Å²) in [6.07, 6.45) is 9.58. The normalized spacial score (nSPS) is 38.7. The van der Waals surface area contributed by atoms with E-state index < -0.39 is 0 Å². The van der Waals surface area contributed by atoms with Crippen molar-refractivity contribution in [2.24, 2.45) is 17.8 Å². The van der Waals surface area contributed by atoms with E-state index in [4.69, 9.17) is 0 Å². The summed E-state index contributed by atoms with van der Waals surface area (Å²) >= 11 is 0. The van der Waals surface area contributed by atoms with Crippen LogP contribution in [0.2, 0.25) is 0 Å². The van der Waals surface area contributed by atoms with Gasteiger partial charge in [0.1, 0.15) is 0 Å². The molecule has 4 bridgehead atoms. The van der Waals surface area contributed by atoms with E-state index >= 15 is 0 Å². The number of imide groups is 1. The molecular formula is C20H35ClN4O2. The number of carbonyl (C=O) groups is 2. The van der Waals surface area contributed by atoms with Crippen LogP contribution >= 0.6 is 12.4 Å². The van der Waals surface area contributed by atoms with E-state index in [1.165, 1.54) is 19.3 Å². The number of amides is 3. The number of rotatable bonds is 4. The summed E-state index contributed by atoms with van der Waals surface area (Å²) in [4.78, 5) is 27.3. The minimum absolute atomic E-state index is 0. The van der Waals surface area contributed by atoms with Crippen molar-refractivity contribution in [3.05, 3.63) is 0 Å². The van der Waals surface area contributed by atoms with E-state index in [0.717, 1.165) is 62.9 Å². The van der Waals surface area contributed by atoms with Crippen LogP contribution in [0.25, 0.3) is 0 Å². The van der Waals surface area contributed by atoms with Gasteiger partial charge >= 0.3 is 6.03 Å². The molecule has 2 atom stereocenters. The van der Waals surface area contributed by atoms with Crippen molar-refractivity contribution in [3.63, 3.8) is 0 Å². The molecule has 0 aromatic carbocycles. The Labute approximate surface area is 169 Å². The number of hydrogen-bond donors (Lipinski definition) is 3. The Morgan fingerprint density at radius 3 is 2.22 bits per heavy atom. The second kappa shape index (κ2) is 8.26. The van der Waals surface area contributed by atoms with Gasteiger partial charge in [-0.3, -0.25) is 15.0 Å². The van der Waals surface area contributed by atoms with Gasteiger partial charge in [0.05, 0.1) is 6.04 Å². The quantitative estimate of drug-likeness (QED) is 0.679. The highest BCUT2D eigenvalue weighted by atomic mass is 35.5. The van der Waals surface area contributed by atoms with Crippen LogP contribution in [-0.2, 0) is 4.79 Å². The van der Waals surface area contributed by atoms with Crippen LogP contribution in [0.4, 0.5) is 4.79 Å². The molecule has 3 amide bonds. The fraction of sp³-hybridized carbons (Fsp3) is 0.900. The first-order valence-electron chi connectivity index (χ1n) is 10.5. The number of urea groups is 1. The average Bonchev–Trinajstić information content (AvgIpc) is 2.59. The molecule has 0 spiro atoms. The fourth-order valence-electron chi connectivity index (χ4n) is 6.51. The second-order valence-corrected chi connectivity index (χ2v) is 9.44. The number of hydrogen-bond acceptors (Lipinski definition) is 4. The van der Waals surface area contributed by atoms with E-state index in [9.17, 15) is 9.59 Å². The molecule has 5 fully saturated rings. The lowest BCUT2D eigenvalue weighted by Gasteiger charge is -2.56.